The highest BCUT2D eigenvalue weighted by Crippen LogP contribution is 1.87. The summed E-state index contributed by atoms with van der Waals surface area (Å²) in [6.45, 7) is 7.25. The van der Waals surface area contributed by atoms with E-state index in [2.05, 4.69) is 5.32 Å². The van der Waals surface area contributed by atoms with Crippen molar-refractivity contribution in [3.05, 3.63) is 0 Å². The van der Waals surface area contributed by atoms with Gasteiger partial charge in [0.25, 0.3) is 0 Å². The van der Waals surface area contributed by atoms with Gasteiger partial charge in [-0.3, -0.25) is 9.59 Å². The van der Waals surface area contributed by atoms with Gasteiger partial charge in [-0.1, -0.05) is 35.1 Å². The summed E-state index contributed by atoms with van der Waals surface area (Å²) >= 11 is 0. The minimum Gasteiger partial charge on any atom is -0.369 e. The maximum absolute atomic E-state index is 10.4. The zero-order valence-electron chi connectivity index (χ0n) is 9.05. The normalized spacial score (nSPS) is 8.50. The van der Waals surface area contributed by atoms with E-state index in [4.69, 9.17) is 5.73 Å². The van der Waals surface area contributed by atoms with Gasteiger partial charge in [0.15, 0.2) is 0 Å². The first-order chi connectivity index (χ1) is 5.82. The van der Waals surface area contributed by atoms with Crippen molar-refractivity contribution in [2.24, 2.45) is 17.6 Å². The molecule has 3 N–H and O–H groups in total. The fourth-order valence-corrected chi connectivity index (χ4v) is 0.289. The van der Waals surface area contributed by atoms with Gasteiger partial charge in [0, 0.05) is 18.9 Å². The quantitative estimate of drug-likeness (QED) is 0.708. The third kappa shape index (κ3) is 13.5. The molecule has 86 valence electrons. The van der Waals surface area contributed by atoms with Crippen molar-refractivity contribution in [1.29, 1.82) is 0 Å². The lowest BCUT2D eigenvalue weighted by molar-refractivity contribution is -0.123. The van der Waals surface area contributed by atoms with Crippen LogP contribution in [0.1, 0.15) is 35.1 Å². The molecule has 0 aromatic rings. The Balaban J connectivity index is -0.000000163. The van der Waals surface area contributed by atoms with Gasteiger partial charge in [-0.15, -0.1) is 0 Å². The smallest absolute Gasteiger partial charge is 0.222 e. The molecule has 4 nitrogen and oxygen atoms in total. The molecule has 0 aliphatic rings. The predicted octanol–water partition coefficient (Wildman–Crippen LogP) is 1.15. The van der Waals surface area contributed by atoms with Gasteiger partial charge in [0.2, 0.25) is 11.8 Å². The van der Waals surface area contributed by atoms with Crippen LogP contribution in [0.5, 0.6) is 0 Å². The average Bonchev–Trinajstić information content (AvgIpc) is 2.03. The standard InChI is InChI=1S/C5H11NO.C4H9NO.CH4/c1-4(2)5(7)6-3;1-3(2)4(5)6;/h4H,1-3H3,(H,6,7);3H,1-2H3,(H2,5,6);1H4. The van der Waals surface area contributed by atoms with Crippen LogP contribution in [0.2, 0.25) is 0 Å². The number of nitrogens with two attached hydrogens (primary N) is 1. The van der Waals surface area contributed by atoms with Crippen LogP contribution in [0, 0.1) is 11.8 Å². The highest BCUT2D eigenvalue weighted by atomic mass is 16.2. The van der Waals surface area contributed by atoms with E-state index in [1.807, 2.05) is 13.8 Å². The summed E-state index contributed by atoms with van der Waals surface area (Å²) in [5.41, 5.74) is 4.80. The molecule has 0 aromatic heterocycles. The van der Waals surface area contributed by atoms with Crippen molar-refractivity contribution < 1.29 is 9.59 Å². The van der Waals surface area contributed by atoms with E-state index in [0.717, 1.165) is 0 Å². The molecule has 4 heteroatoms. The number of carbonyl (C=O) groups is 2. The summed E-state index contributed by atoms with van der Waals surface area (Å²) in [5.74, 6) is -0.0370. The maximum atomic E-state index is 10.4. The van der Waals surface area contributed by atoms with E-state index in [-0.39, 0.29) is 31.1 Å². The first-order valence-electron chi connectivity index (χ1n) is 4.33. The molecule has 0 radical (unpaired) electrons. The van der Waals surface area contributed by atoms with Gasteiger partial charge in [0.1, 0.15) is 0 Å². The lowest BCUT2D eigenvalue weighted by Crippen LogP contribution is -2.22. The second kappa shape index (κ2) is 10.0. The number of primary amides is 1. The molecule has 0 spiro atoms. The molecule has 2 amide bonds. The Hall–Kier alpha value is -1.06. The van der Waals surface area contributed by atoms with Gasteiger partial charge in [-0.05, 0) is 0 Å². The van der Waals surface area contributed by atoms with Gasteiger partial charge < -0.3 is 11.1 Å². The molecule has 0 rings (SSSR count). The molecule has 0 bridgehead atoms. The summed E-state index contributed by atoms with van der Waals surface area (Å²) in [6.07, 6.45) is 0. The van der Waals surface area contributed by atoms with Crippen LogP contribution in [0.15, 0.2) is 0 Å². The maximum Gasteiger partial charge on any atom is 0.222 e. The Morgan fingerprint density at radius 2 is 1.36 bits per heavy atom. The summed E-state index contributed by atoms with van der Waals surface area (Å²) in [6, 6.07) is 0. The number of rotatable bonds is 2. The van der Waals surface area contributed by atoms with Crippen molar-refractivity contribution in [3.8, 4) is 0 Å². The number of amides is 2. The predicted molar refractivity (Wildman–Crippen MR) is 59.7 cm³/mol. The molecule has 0 saturated carbocycles. The first-order valence-corrected chi connectivity index (χ1v) is 4.33. The van der Waals surface area contributed by atoms with Crippen molar-refractivity contribution in [3.63, 3.8) is 0 Å². The van der Waals surface area contributed by atoms with E-state index in [9.17, 15) is 9.59 Å². The van der Waals surface area contributed by atoms with Crippen molar-refractivity contribution in [1.82, 2.24) is 5.32 Å². The topological polar surface area (TPSA) is 72.2 Å². The lowest BCUT2D eigenvalue weighted by Gasteiger charge is -1.98. The number of hydrogen-bond donors (Lipinski definition) is 2. The number of nitrogens with one attached hydrogen (secondary N) is 1. The van der Waals surface area contributed by atoms with Crippen molar-refractivity contribution >= 4 is 11.8 Å². The molecule has 0 aromatic carbocycles. The van der Waals surface area contributed by atoms with E-state index >= 15 is 0 Å². The minimum absolute atomic E-state index is 0. The fourth-order valence-electron chi connectivity index (χ4n) is 0.289. The van der Waals surface area contributed by atoms with Gasteiger partial charge in [-0.2, -0.15) is 0 Å². The summed E-state index contributed by atoms with van der Waals surface area (Å²) < 4.78 is 0. The Labute approximate surface area is 87.2 Å². The second-order valence-corrected chi connectivity index (χ2v) is 3.33. The van der Waals surface area contributed by atoms with Crippen LogP contribution in [-0.4, -0.2) is 18.9 Å². The van der Waals surface area contributed by atoms with Crippen molar-refractivity contribution in [2.75, 3.05) is 7.05 Å². The van der Waals surface area contributed by atoms with Gasteiger partial charge in [0.05, 0.1) is 0 Å². The zero-order valence-corrected chi connectivity index (χ0v) is 9.05. The molecule has 0 heterocycles. The molecule has 0 fully saturated rings. The molecule has 0 atom stereocenters. The van der Waals surface area contributed by atoms with Crippen molar-refractivity contribution in [2.45, 2.75) is 35.1 Å². The fraction of sp³-hybridized carbons (Fsp3) is 0.800. The Bertz CT molecular complexity index is 166. The highest BCUT2D eigenvalue weighted by molar-refractivity contribution is 5.77. The highest BCUT2D eigenvalue weighted by Gasteiger charge is 2.00. The molecular weight excluding hydrogens is 180 g/mol. The first kappa shape index (κ1) is 18.7. The van der Waals surface area contributed by atoms with E-state index < -0.39 is 0 Å². The molecular formula is C10H24N2O2. The summed E-state index contributed by atoms with van der Waals surface area (Å²) in [7, 11) is 1.64. The van der Waals surface area contributed by atoms with E-state index in [0.29, 0.717) is 0 Å². The summed E-state index contributed by atoms with van der Waals surface area (Å²) in [4.78, 5) is 20.3. The van der Waals surface area contributed by atoms with Gasteiger partial charge in [-0.25, -0.2) is 0 Å². The van der Waals surface area contributed by atoms with Crippen LogP contribution in [0.4, 0.5) is 0 Å². The van der Waals surface area contributed by atoms with E-state index in [1.165, 1.54) is 0 Å². The Morgan fingerprint density at radius 3 is 1.36 bits per heavy atom. The SMILES string of the molecule is C.CC(C)C(N)=O.CNC(=O)C(C)C. The third-order valence-electron chi connectivity index (χ3n) is 1.34. The molecule has 0 unspecified atom stereocenters. The zero-order chi connectivity index (χ0) is 11.0. The van der Waals surface area contributed by atoms with Crippen LogP contribution in [0.25, 0.3) is 0 Å². The molecule has 0 saturated heterocycles. The monoisotopic (exact) mass is 204 g/mol. The Morgan fingerprint density at radius 1 is 1.07 bits per heavy atom. The van der Waals surface area contributed by atoms with E-state index in [1.54, 1.807) is 20.9 Å². The lowest BCUT2D eigenvalue weighted by atomic mass is 10.2. The summed E-state index contributed by atoms with van der Waals surface area (Å²) in [5, 5.41) is 2.53. The van der Waals surface area contributed by atoms with Crippen LogP contribution >= 0.6 is 0 Å². The third-order valence-corrected chi connectivity index (χ3v) is 1.34. The van der Waals surface area contributed by atoms with Crippen LogP contribution < -0.4 is 11.1 Å². The number of carbonyl (C=O) groups excluding carboxylic acids is 2. The minimum atomic E-state index is -0.241. The largest absolute Gasteiger partial charge is 0.369 e. The number of hydrogen-bond acceptors (Lipinski definition) is 2. The molecule has 14 heavy (non-hydrogen) atoms. The molecule has 0 aliphatic heterocycles. The second-order valence-electron chi connectivity index (χ2n) is 3.33. The average molecular weight is 204 g/mol. The van der Waals surface area contributed by atoms with Gasteiger partial charge >= 0.3 is 0 Å². The Kier molecular flexibility index (Phi) is 13.4. The van der Waals surface area contributed by atoms with Crippen LogP contribution in [0.3, 0.4) is 0 Å². The molecule has 0 aliphatic carbocycles. The van der Waals surface area contributed by atoms with Crippen LogP contribution in [-0.2, 0) is 9.59 Å².